The smallest absolute Gasteiger partial charge is 0.303 e. The summed E-state index contributed by atoms with van der Waals surface area (Å²) >= 11 is 0. The van der Waals surface area contributed by atoms with Crippen LogP contribution in [0.5, 0.6) is 0 Å². The van der Waals surface area contributed by atoms with Crippen molar-refractivity contribution in [2.45, 2.75) is 219 Å². The van der Waals surface area contributed by atoms with E-state index >= 15 is 0 Å². The summed E-state index contributed by atoms with van der Waals surface area (Å²) in [5.74, 6) is -0.656. The molecule has 0 rings (SSSR count). The maximum Gasteiger partial charge on any atom is 0.303 e. The summed E-state index contributed by atoms with van der Waals surface area (Å²) in [6.45, 7) is 6.60. The molecule has 0 radical (unpaired) electrons. The average molecular weight is 650 g/mol. The minimum Gasteiger partial charge on any atom is -0.481 e. The molecule has 0 aromatic carbocycles. The predicted octanol–water partition coefficient (Wildman–Crippen LogP) is 13.3. The van der Waals surface area contributed by atoms with E-state index < -0.39 is 5.97 Å². The zero-order chi connectivity index (χ0) is 33.9. The van der Waals surface area contributed by atoms with Crippen molar-refractivity contribution in [1.29, 1.82) is 0 Å². The largest absolute Gasteiger partial charge is 0.481 e. The van der Waals surface area contributed by atoms with Crippen molar-refractivity contribution in [1.82, 2.24) is 5.32 Å². The summed E-state index contributed by atoms with van der Waals surface area (Å²) < 4.78 is 0. The first-order valence-corrected chi connectivity index (χ1v) is 20.5. The fourth-order valence-electron chi connectivity index (χ4n) is 5.76. The number of unbranched alkanes of at least 4 members (excludes halogenated alkanes) is 27. The van der Waals surface area contributed by atoms with Crippen LogP contribution in [0.1, 0.15) is 219 Å². The van der Waals surface area contributed by atoms with Crippen LogP contribution in [0.3, 0.4) is 0 Å². The Morgan fingerprint density at radius 2 is 0.739 bits per heavy atom. The third-order valence-electron chi connectivity index (χ3n) is 8.81. The quantitative estimate of drug-likeness (QED) is 0.0462. The van der Waals surface area contributed by atoms with Crippen LogP contribution in [0.25, 0.3) is 0 Å². The average Bonchev–Trinajstić information content (AvgIpc) is 3.05. The second kappa shape index (κ2) is 46.0. The van der Waals surface area contributed by atoms with Crippen molar-refractivity contribution in [2.75, 3.05) is 19.7 Å². The van der Waals surface area contributed by atoms with Gasteiger partial charge in [0.15, 0.2) is 0 Å². The van der Waals surface area contributed by atoms with E-state index in [-0.39, 0.29) is 6.61 Å². The Morgan fingerprint density at radius 3 is 1.07 bits per heavy atom. The van der Waals surface area contributed by atoms with Crippen LogP contribution < -0.4 is 5.32 Å². The number of hydrogen-bond acceptors (Lipinski definition) is 3. The summed E-state index contributed by atoms with van der Waals surface area (Å²) in [6.07, 6.45) is 50.9. The van der Waals surface area contributed by atoms with Gasteiger partial charge < -0.3 is 15.5 Å². The van der Waals surface area contributed by atoms with Crippen LogP contribution in [0.4, 0.5) is 0 Å². The molecule has 0 fully saturated rings. The number of allylic oxidation sites excluding steroid dienone is 4. The molecule has 0 unspecified atom stereocenters. The van der Waals surface area contributed by atoms with Gasteiger partial charge in [0.25, 0.3) is 0 Å². The van der Waals surface area contributed by atoms with Crippen molar-refractivity contribution >= 4 is 5.97 Å². The number of nitrogens with one attached hydrogen (secondary N) is 1. The second-order valence-electron chi connectivity index (χ2n) is 13.6. The number of rotatable bonds is 37. The summed E-state index contributed by atoms with van der Waals surface area (Å²) in [7, 11) is 0. The highest BCUT2D eigenvalue weighted by Gasteiger charge is 1.97. The van der Waals surface area contributed by atoms with Gasteiger partial charge in [-0.05, 0) is 70.8 Å². The number of aliphatic hydroxyl groups is 1. The third kappa shape index (κ3) is 49.7. The van der Waals surface area contributed by atoms with E-state index in [2.05, 4.69) is 43.5 Å². The highest BCUT2D eigenvalue weighted by Crippen LogP contribution is 2.13. The molecule has 0 saturated heterocycles. The molecule has 0 aliphatic heterocycles. The molecule has 0 atom stereocenters. The van der Waals surface area contributed by atoms with Crippen molar-refractivity contribution in [2.24, 2.45) is 0 Å². The molecule has 3 N–H and O–H groups in total. The lowest BCUT2D eigenvalue weighted by Crippen LogP contribution is -2.19. The van der Waals surface area contributed by atoms with Gasteiger partial charge in [0.2, 0.25) is 0 Å². The van der Waals surface area contributed by atoms with Gasteiger partial charge in [-0.3, -0.25) is 4.79 Å². The SMILES string of the molecule is CCCCCCCC/C=C\CCCCCCCCCCCC(=O)O.CCCCCCCC/C=C\CCCCCCCCNCCO. The van der Waals surface area contributed by atoms with Gasteiger partial charge >= 0.3 is 5.97 Å². The van der Waals surface area contributed by atoms with Gasteiger partial charge in [0.1, 0.15) is 0 Å². The summed E-state index contributed by atoms with van der Waals surface area (Å²) in [5.41, 5.74) is 0. The maximum atomic E-state index is 10.4. The Hall–Kier alpha value is -1.13. The van der Waals surface area contributed by atoms with Gasteiger partial charge in [-0.1, -0.05) is 173 Å². The van der Waals surface area contributed by atoms with Crippen LogP contribution in [0.2, 0.25) is 0 Å². The van der Waals surface area contributed by atoms with Gasteiger partial charge in [-0.2, -0.15) is 0 Å². The van der Waals surface area contributed by atoms with Crippen LogP contribution >= 0.6 is 0 Å². The minimum absolute atomic E-state index is 0.256. The van der Waals surface area contributed by atoms with E-state index in [1.54, 1.807) is 0 Å². The first kappa shape index (κ1) is 47.0. The lowest BCUT2D eigenvalue weighted by Gasteiger charge is -2.02. The molecule has 0 aliphatic rings. The fourth-order valence-corrected chi connectivity index (χ4v) is 5.76. The molecule has 4 nitrogen and oxygen atoms in total. The zero-order valence-electron chi connectivity index (χ0n) is 31.4. The fraction of sp³-hybridized carbons (Fsp3) is 0.881. The molecule has 0 heterocycles. The topological polar surface area (TPSA) is 69.6 Å². The standard InChI is InChI=1S/C22H42O2.C20H41NO/c1-2-3-4-5-6-7-8-9-10-11-12-13-14-15-16-17-18-19-20-21-22(23)24;1-2-3-4-5-6-7-8-9-10-11-12-13-14-15-16-17-18-21-19-20-22/h9-10H,2-8,11-21H2,1H3,(H,23,24);9-10,21-22H,2-8,11-20H2,1H3/b2*10-9-. The molecule has 0 saturated carbocycles. The molecular formula is C42H83NO3. The number of carboxylic acids is 1. The molecule has 0 aromatic rings. The van der Waals surface area contributed by atoms with Gasteiger partial charge in [-0.25, -0.2) is 0 Å². The van der Waals surface area contributed by atoms with Crippen LogP contribution in [0, 0.1) is 0 Å². The zero-order valence-corrected chi connectivity index (χ0v) is 31.4. The lowest BCUT2D eigenvalue weighted by molar-refractivity contribution is -0.137. The van der Waals surface area contributed by atoms with Crippen molar-refractivity contribution in [3.05, 3.63) is 24.3 Å². The number of carbonyl (C=O) groups is 1. The van der Waals surface area contributed by atoms with E-state index in [0.29, 0.717) is 6.42 Å². The number of aliphatic hydroxyl groups excluding tert-OH is 1. The Kier molecular flexibility index (Phi) is 47.0. The number of aliphatic carboxylic acids is 1. The third-order valence-corrected chi connectivity index (χ3v) is 8.81. The minimum atomic E-state index is -0.656. The summed E-state index contributed by atoms with van der Waals surface area (Å²) in [4.78, 5) is 10.4. The predicted molar refractivity (Wildman–Crippen MR) is 205 cm³/mol. The molecule has 0 bridgehead atoms. The molecule has 0 amide bonds. The second-order valence-corrected chi connectivity index (χ2v) is 13.6. The monoisotopic (exact) mass is 650 g/mol. The van der Waals surface area contributed by atoms with Crippen molar-refractivity contribution < 1.29 is 15.0 Å². The summed E-state index contributed by atoms with van der Waals surface area (Å²) in [5, 5.41) is 20.4. The van der Waals surface area contributed by atoms with Gasteiger partial charge in [0, 0.05) is 13.0 Å². The van der Waals surface area contributed by atoms with Crippen LogP contribution in [-0.4, -0.2) is 35.9 Å². The summed E-state index contributed by atoms with van der Waals surface area (Å²) in [6, 6.07) is 0. The van der Waals surface area contributed by atoms with Crippen LogP contribution in [0.15, 0.2) is 24.3 Å². The van der Waals surface area contributed by atoms with Gasteiger partial charge in [0.05, 0.1) is 6.61 Å². The van der Waals surface area contributed by atoms with Gasteiger partial charge in [-0.15, -0.1) is 0 Å². The van der Waals surface area contributed by atoms with E-state index in [4.69, 9.17) is 10.2 Å². The van der Waals surface area contributed by atoms with Crippen molar-refractivity contribution in [3.8, 4) is 0 Å². The first-order valence-electron chi connectivity index (χ1n) is 20.5. The first-order chi connectivity index (χ1) is 22.7. The Morgan fingerprint density at radius 1 is 0.435 bits per heavy atom. The van der Waals surface area contributed by atoms with E-state index in [0.717, 1.165) is 25.9 Å². The molecule has 46 heavy (non-hydrogen) atoms. The number of carboxylic acid groups (broad SMARTS) is 1. The highest BCUT2D eigenvalue weighted by atomic mass is 16.4. The Bertz CT molecular complexity index is 604. The van der Waals surface area contributed by atoms with E-state index in [9.17, 15) is 4.79 Å². The molecular weight excluding hydrogens is 566 g/mol. The Balaban J connectivity index is 0. The number of hydrogen-bond donors (Lipinski definition) is 3. The molecule has 0 aliphatic carbocycles. The molecule has 0 spiro atoms. The molecule has 274 valence electrons. The maximum absolute atomic E-state index is 10.4. The van der Waals surface area contributed by atoms with Crippen molar-refractivity contribution in [3.63, 3.8) is 0 Å². The molecule has 0 aromatic heterocycles. The van der Waals surface area contributed by atoms with Crippen LogP contribution in [-0.2, 0) is 4.79 Å². The molecule has 4 heteroatoms. The Labute approximate surface area is 289 Å². The van der Waals surface area contributed by atoms with E-state index in [1.165, 1.54) is 186 Å². The highest BCUT2D eigenvalue weighted by molar-refractivity contribution is 5.66. The van der Waals surface area contributed by atoms with E-state index in [1.807, 2.05) is 0 Å². The normalized spacial score (nSPS) is 11.5. The lowest BCUT2D eigenvalue weighted by atomic mass is 10.1.